The second-order valence-corrected chi connectivity index (χ2v) is 7.35. The van der Waals surface area contributed by atoms with Crippen molar-refractivity contribution in [1.29, 1.82) is 5.26 Å². The lowest BCUT2D eigenvalue weighted by molar-refractivity contribution is -0.112. The fourth-order valence-electron chi connectivity index (χ4n) is 3.39. The van der Waals surface area contributed by atoms with Crippen LogP contribution in [0.25, 0.3) is 0 Å². The fraction of sp³-hybridized carbons (Fsp3) is 0.304. The van der Waals surface area contributed by atoms with Crippen molar-refractivity contribution in [3.8, 4) is 6.07 Å². The maximum absolute atomic E-state index is 13.1. The minimum Gasteiger partial charge on any atom is -0.373 e. The monoisotopic (exact) mass is 392 g/mol. The number of nitrogens with one attached hydrogen (secondary N) is 1. The van der Waals surface area contributed by atoms with Gasteiger partial charge in [0.2, 0.25) is 0 Å². The molecule has 1 saturated heterocycles. The summed E-state index contributed by atoms with van der Waals surface area (Å²) in [7, 11) is 0. The first-order chi connectivity index (χ1) is 14.0. The van der Waals surface area contributed by atoms with Crippen molar-refractivity contribution in [3.05, 3.63) is 71.7 Å². The van der Waals surface area contributed by atoms with Gasteiger partial charge in [0, 0.05) is 43.8 Å². The highest BCUT2D eigenvalue weighted by Gasteiger charge is 2.18. The van der Waals surface area contributed by atoms with Crippen molar-refractivity contribution >= 4 is 17.3 Å². The van der Waals surface area contributed by atoms with Gasteiger partial charge in [-0.25, -0.2) is 4.39 Å². The minimum absolute atomic E-state index is 0.0822. The minimum atomic E-state index is -0.401. The molecule has 2 aromatic rings. The van der Waals surface area contributed by atoms with E-state index in [1.807, 2.05) is 35.2 Å². The Bertz CT molecular complexity index is 923. The van der Waals surface area contributed by atoms with Crippen LogP contribution in [0.15, 0.2) is 60.3 Å². The summed E-state index contributed by atoms with van der Waals surface area (Å²) in [5.41, 5.74) is 2.82. The van der Waals surface area contributed by atoms with Gasteiger partial charge in [0.05, 0.1) is 0 Å². The number of nitriles is 1. The highest BCUT2D eigenvalue weighted by molar-refractivity contribution is 6.06. The Morgan fingerprint density at radius 2 is 1.76 bits per heavy atom. The number of rotatable bonds is 5. The van der Waals surface area contributed by atoms with Gasteiger partial charge in [0.1, 0.15) is 17.5 Å². The van der Waals surface area contributed by atoms with E-state index in [0.29, 0.717) is 13.1 Å². The predicted molar refractivity (Wildman–Crippen MR) is 113 cm³/mol. The van der Waals surface area contributed by atoms with Gasteiger partial charge >= 0.3 is 0 Å². The molecule has 0 spiro atoms. The first kappa shape index (κ1) is 20.4. The zero-order chi connectivity index (χ0) is 20.8. The number of hydrogen-bond donors (Lipinski definition) is 1. The number of anilines is 2. The van der Waals surface area contributed by atoms with Crippen molar-refractivity contribution in [2.45, 2.75) is 19.8 Å². The van der Waals surface area contributed by atoms with Crippen molar-refractivity contribution in [2.24, 2.45) is 0 Å². The van der Waals surface area contributed by atoms with E-state index in [4.69, 9.17) is 0 Å². The largest absolute Gasteiger partial charge is 0.373 e. The van der Waals surface area contributed by atoms with Crippen LogP contribution < -0.4 is 10.2 Å². The molecule has 1 aliphatic rings. The van der Waals surface area contributed by atoms with Gasteiger partial charge in [0.25, 0.3) is 5.91 Å². The third-order valence-electron chi connectivity index (χ3n) is 5.01. The predicted octanol–water partition coefficient (Wildman–Crippen LogP) is 4.12. The SMILES string of the molecule is CC(C)c1ccccc1NC(=O)/C(C#N)=C\N1CCN(c2ccc(F)cc2)CC1. The topological polar surface area (TPSA) is 59.4 Å². The lowest BCUT2D eigenvalue weighted by Gasteiger charge is -2.35. The number of carbonyl (C=O) groups excluding carboxylic acids is 1. The highest BCUT2D eigenvalue weighted by Crippen LogP contribution is 2.24. The van der Waals surface area contributed by atoms with Crippen LogP contribution in [0, 0.1) is 17.1 Å². The molecule has 1 aliphatic heterocycles. The number of halogens is 1. The van der Waals surface area contributed by atoms with Gasteiger partial charge in [-0.2, -0.15) is 5.26 Å². The molecule has 1 N–H and O–H groups in total. The van der Waals surface area contributed by atoms with Crippen LogP contribution in [0.4, 0.5) is 15.8 Å². The van der Waals surface area contributed by atoms with E-state index in [1.54, 1.807) is 18.3 Å². The zero-order valence-corrected chi connectivity index (χ0v) is 16.7. The molecule has 0 saturated carbocycles. The molecule has 1 amide bonds. The summed E-state index contributed by atoms with van der Waals surface area (Å²) in [6.45, 7) is 6.95. The maximum atomic E-state index is 13.1. The first-order valence-electron chi connectivity index (χ1n) is 9.74. The summed E-state index contributed by atoms with van der Waals surface area (Å²) >= 11 is 0. The van der Waals surface area contributed by atoms with Crippen molar-refractivity contribution in [3.63, 3.8) is 0 Å². The van der Waals surface area contributed by atoms with E-state index in [2.05, 4.69) is 24.1 Å². The number of hydrogen-bond acceptors (Lipinski definition) is 4. The van der Waals surface area contributed by atoms with Gasteiger partial charge in [-0.15, -0.1) is 0 Å². The van der Waals surface area contributed by atoms with Gasteiger partial charge in [-0.3, -0.25) is 4.79 Å². The van der Waals surface area contributed by atoms with E-state index in [1.165, 1.54) is 12.1 Å². The van der Waals surface area contributed by atoms with Gasteiger partial charge in [-0.1, -0.05) is 32.0 Å². The Morgan fingerprint density at radius 1 is 1.10 bits per heavy atom. The third-order valence-corrected chi connectivity index (χ3v) is 5.01. The van der Waals surface area contributed by atoms with E-state index in [0.717, 1.165) is 30.0 Å². The summed E-state index contributed by atoms with van der Waals surface area (Å²) in [6, 6.07) is 16.1. The Labute approximate surface area is 171 Å². The summed E-state index contributed by atoms with van der Waals surface area (Å²) in [6.07, 6.45) is 1.63. The Balaban J connectivity index is 1.64. The fourth-order valence-corrected chi connectivity index (χ4v) is 3.39. The van der Waals surface area contributed by atoms with E-state index < -0.39 is 5.91 Å². The number of carbonyl (C=O) groups is 1. The van der Waals surface area contributed by atoms with Crippen LogP contribution in [0.3, 0.4) is 0 Å². The quantitative estimate of drug-likeness (QED) is 0.614. The average molecular weight is 392 g/mol. The molecule has 150 valence electrons. The summed E-state index contributed by atoms with van der Waals surface area (Å²) in [5.74, 6) is -0.388. The number of amides is 1. The van der Waals surface area contributed by atoms with Crippen LogP contribution in [0.1, 0.15) is 25.3 Å². The number of para-hydroxylation sites is 1. The maximum Gasteiger partial charge on any atom is 0.267 e. The summed E-state index contributed by atoms with van der Waals surface area (Å²) in [5, 5.41) is 12.4. The van der Waals surface area contributed by atoms with Gasteiger partial charge < -0.3 is 15.1 Å². The molecule has 1 heterocycles. The Morgan fingerprint density at radius 3 is 2.38 bits per heavy atom. The molecule has 0 bridgehead atoms. The second kappa shape index (κ2) is 9.24. The smallest absolute Gasteiger partial charge is 0.267 e. The lowest BCUT2D eigenvalue weighted by atomic mass is 10.0. The number of benzene rings is 2. The van der Waals surface area contributed by atoms with Crippen LogP contribution >= 0.6 is 0 Å². The molecule has 1 fully saturated rings. The molecule has 29 heavy (non-hydrogen) atoms. The third kappa shape index (κ3) is 5.14. The summed E-state index contributed by atoms with van der Waals surface area (Å²) < 4.78 is 13.1. The van der Waals surface area contributed by atoms with E-state index in [9.17, 15) is 14.4 Å². The Hall–Kier alpha value is -3.33. The Kier molecular flexibility index (Phi) is 6.50. The molecule has 3 rings (SSSR count). The molecule has 6 heteroatoms. The molecule has 0 aromatic heterocycles. The average Bonchev–Trinajstić information content (AvgIpc) is 2.73. The molecular weight excluding hydrogens is 367 g/mol. The van der Waals surface area contributed by atoms with Crippen LogP contribution in [-0.2, 0) is 4.79 Å². The second-order valence-electron chi connectivity index (χ2n) is 7.35. The molecule has 0 unspecified atom stereocenters. The molecular formula is C23H25FN4O. The highest BCUT2D eigenvalue weighted by atomic mass is 19.1. The van der Waals surface area contributed by atoms with Crippen molar-refractivity contribution in [2.75, 3.05) is 36.4 Å². The molecule has 0 radical (unpaired) electrons. The molecule has 0 atom stereocenters. The summed E-state index contributed by atoms with van der Waals surface area (Å²) in [4.78, 5) is 16.8. The van der Waals surface area contributed by atoms with Gasteiger partial charge in [-0.05, 0) is 41.8 Å². The first-order valence-corrected chi connectivity index (χ1v) is 9.74. The molecule has 0 aliphatic carbocycles. The van der Waals surface area contributed by atoms with E-state index in [-0.39, 0.29) is 17.3 Å². The van der Waals surface area contributed by atoms with E-state index >= 15 is 0 Å². The zero-order valence-electron chi connectivity index (χ0n) is 16.7. The molecule has 5 nitrogen and oxygen atoms in total. The lowest BCUT2D eigenvalue weighted by Crippen LogP contribution is -2.44. The number of piperazine rings is 1. The van der Waals surface area contributed by atoms with Crippen LogP contribution in [0.5, 0.6) is 0 Å². The normalized spacial score (nSPS) is 14.7. The number of nitrogens with zero attached hydrogens (tertiary/aromatic N) is 3. The van der Waals surface area contributed by atoms with Crippen LogP contribution in [0.2, 0.25) is 0 Å². The van der Waals surface area contributed by atoms with Crippen molar-refractivity contribution in [1.82, 2.24) is 4.90 Å². The van der Waals surface area contributed by atoms with Crippen molar-refractivity contribution < 1.29 is 9.18 Å². The molecule has 2 aromatic carbocycles. The standard InChI is InChI=1S/C23H25FN4O/c1-17(2)21-5-3-4-6-22(21)26-23(29)18(15-25)16-27-11-13-28(14-12-27)20-9-7-19(24)8-10-20/h3-10,16-17H,11-14H2,1-2H3,(H,26,29)/b18-16-. The van der Waals surface area contributed by atoms with Gasteiger partial charge in [0.15, 0.2) is 0 Å². The van der Waals surface area contributed by atoms with Crippen LogP contribution in [-0.4, -0.2) is 37.0 Å².